The van der Waals surface area contributed by atoms with Crippen molar-refractivity contribution in [2.24, 2.45) is 0 Å². The van der Waals surface area contributed by atoms with Crippen molar-refractivity contribution in [1.29, 1.82) is 0 Å². The molecule has 0 saturated carbocycles. The van der Waals surface area contributed by atoms with E-state index in [0.717, 1.165) is 32.8 Å². The molecule has 0 saturated heterocycles. The maximum absolute atomic E-state index is 13.8. The zero-order valence-electron chi connectivity index (χ0n) is 10.2. The Hall–Kier alpha value is -1.00. The summed E-state index contributed by atoms with van der Waals surface area (Å²) < 4.78 is 14.8. The predicted octanol–water partition coefficient (Wildman–Crippen LogP) is 5.24. The minimum Gasteiger partial charge on any atom is -0.378 e. The molecule has 0 aliphatic carbocycles. The molecule has 1 N–H and O–H groups in total. The quantitative estimate of drug-likeness (QED) is 0.804. The van der Waals surface area contributed by atoms with Crippen molar-refractivity contribution in [3.05, 3.63) is 58.3 Å². The molecule has 1 heterocycles. The summed E-state index contributed by atoms with van der Waals surface area (Å²) in [5, 5.41) is 3.50. The molecule has 19 heavy (non-hydrogen) atoms. The predicted molar refractivity (Wildman–Crippen MR) is 82.2 cm³/mol. The largest absolute Gasteiger partial charge is 0.378 e. The van der Waals surface area contributed by atoms with E-state index in [1.165, 1.54) is 6.07 Å². The normalized spacial score (nSPS) is 17.9. The molecule has 0 amide bonds. The summed E-state index contributed by atoms with van der Waals surface area (Å²) in [6.45, 7) is 0. The standard InChI is InChI=1S/C15H13BrFNS/c16-10-3-1-4-11(9-10)18-14-7-8-19-15-12(14)5-2-6-13(15)17/h1-6,9,14,18H,7-8H2. The molecule has 98 valence electrons. The Labute approximate surface area is 124 Å². The van der Waals surface area contributed by atoms with Crippen molar-refractivity contribution < 1.29 is 4.39 Å². The molecule has 0 radical (unpaired) electrons. The summed E-state index contributed by atoms with van der Waals surface area (Å²) >= 11 is 5.07. The summed E-state index contributed by atoms with van der Waals surface area (Å²) in [5.74, 6) is 0.836. The van der Waals surface area contributed by atoms with Gasteiger partial charge in [-0.2, -0.15) is 0 Å². The van der Waals surface area contributed by atoms with Gasteiger partial charge in [0.1, 0.15) is 5.82 Å². The van der Waals surface area contributed by atoms with Crippen molar-refractivity contribution in [2.45, 2.75) is 17.4 Å². The first-order chi connectivity index (χ1) is 9.24. The highest BCUT2D eigenvalue weighted by atomic mass is 79.9. The second-order valence-corrected chi connectivity index (χ2v) is 6.52. The van der Waals surface area contributed by atoms with E-state index in [-0.39, 0.29) is 11.9 Å². The van der Waals surface area contributed by atoms with Gasteiger partial charge in [-0.25, -0.2) is 4.39 Å². The molecule has 3 rings (SSSR count). The van der Waals surface area contributed by atoms with Crippen molar-refractivity contribution in [3.8, 4) is 0 Å². The summed E-state index contributed by atoms with van der Waals surface area (Å²) in [7, 11) is 0. The molecular formula is C15H13BrFNS. The number of fused-ring (bicyclic) bond motifs is 1. The van der Waals surface area contributed by atoms with E-state index in [4.69, 9.17) is 0 Å². The van der Waals surface area contributed by atoms with Crippen LogP contribution in [0.25, 0.3) is 0 Å². The fourth-order valence-electron chi connectivity index (χ4n) is 2.32. The summed E-state index contributed by atoms with van der Waals surface area (Å²) in [6, 6.07) is 13.6. The van der Waals surface area contributed by atoms with Crippen LogP contribution in [0.5, 0.6) is 0 Å². The Morgan fingerprint density at radius 2 is 2.05 bits per heavy atom. The first-order valence-electron chi connectivity index (χ1n) is 6.17. The molecule has 1 aliphatic rings. The van der Waals surface area contributed by atoms with Crippen LogP contribution in [0.4, 0.5) is 10.1 Å². The average molecular weight is 338 g/mol. The number of rotatable bonds is 2. The van der Waals surface area contributed by atoms with Crippen LogP contribution in [-0.4, -0.2) is 5.75 Å². The molecule has 1 aliphatic heterocycles. The molecular weight excluding hydrogens is 325 g/mol. The highest BCUT2D eigenvalue weighted by molar-refractivity contribution is 9.10. The lowest BCUT2D eigenvalue weighted by Gasteiger charge is -2.27. The van der Waals surface area contributed by atoms with Crippen LogP contribution in [0, 0.1) is 5.82 Å². The Balaban J connectivity index is 1.90. The third-order valence-electron chi connectivity index (χ3n) is 3.19. The Kier molecular flexibility index (Phi) is 3.80. The monoisotopic (exact) mass is 337 g/mol. The third-order valence-corrected chi connectivity index (χ3v) is 4.84. The first kappa shape index (κ1) is 13.0. The van der Waals surface area contributed by atoms with Gasteiger partial charge in [0.05, 0.1) is 6.04 Å². The van der Waals surface area contributed by atoms with Gasteiger partial charge in [0.25, 0.3) is 0 Å². The Morgan fingerprint density at radius 3 is 2.89 bits per heavy atom. The molecule has 2 aromatic rings. The van der Waals surface area contributed by atoms with E-state index < -0.39 is 0 Å². The maximum Gasteiger partial charge on any atom is 0.137 e. The lowest BCUT2D eigenvalue weighted by atomic mass is 10.0. The molecule has 1 nitrogen and oxygen atoms in total. The number of hydrogen-bond acceptors (Lipinski definition) is 2. The molecule has 1 atom stereocenters. The second kappa shape index (κ2) is 5.55. The Bertz CT molecular complexity index is 602. The average Bonchev–Trinajstić information content (AvgIpc) is 2.40. The number of anilines is 1. The van der Waals surface area contributed by atoms with Crippen molar-refractivity contribution >= 4 is 33.4 Å². The van der Waals surface area contributed by atoms with Gasteiger partial charge in [0.2, 0.25) is 0 Å². The van der Waals surface area contributed by atoms with Crippen LogP contribution in [0.3, 0.4) is 0 Å². The van der Waals surface area contributed by atoms with Crippen LogP contribution in [0.2, 0.25) is 0 Å². The number of hydrogen-bond donors (Lipinski definition) is 1. The SMILES string of the molecule is Fc1cccc2c1SCCC2Nc1cccc(Br)c1. The minimum absolute atomic E-state index is 0.108. The zero-order chi connectivity index (χ0) is 13.2. The summed E-state index contributed by atoms with van der Waals surface area (Å²) in [6.07, 6.45) is 1.01. The van der Waals surface area contributed by atoms with Crippen LogP contribution in [-0.2, 0) is 0 Å². The van der Waals surface area contributed by atoms with E-state index in [2.05, 4.69) is 21.2 Å². The zero-order valence-corrected chi connectivity index (χ0v) is 12.6. The Morgan fingerprint density at radius 1 is 1.21 bits per heavy atom. The van der Waals surface area contributed by atoms with Gasteiger partial charge in [-0.05, 0) is 36.2 Å². The fourth-order valence-corrected chi connectivity index (χ4v) is 3.86. The highest BCUT2D eigenvalue weighted by Crippen LogP contribution is 2.39. The number of nitrogens with one attached hydrogen (secondary N) is 1. The molecule has 0 spiro atoms. The smallest absolute Gasteiger partial charge is 0.137 e. The molecule has 4 heteroatoms. The van der Waals surface area contributed by atoms with Crippen molar-refractivity contribution in [3.63, 3.8) is 0 Å². The topological polar surface area (TPSA) is 12.0 Å². The van der Waals surface area contributed by atoms with Gasteiger partial charge in [-0.1, -0.05) is 34.1 Å². The van der Waals surface area contributed by atoms with Crippen LogP contribution in [0.1, 0.15) is 18.0 Å². The molecule has 1 unspecified atom stereocenters. The van der Waals surface area contributed by atoms with Gasteiger partial charge < -0.3 is 5.32 Å². The van der Waals surface area contributed by atoms with E-state index in [1.54, 1.807) is 17.8 Å². The second-order valence-electron chi connectivity index (χ2n) is 4.50. The molecule has 0 aromatic heterocycles. The first-order valence-corrected chi connectivity index (χ1v) is 7.95. The van der Waals surface area contributed by atoms with Crippen LogP contribution in [0.15, 0.2) is 51.8 Å². The number of thioether (sulfide) groups is 1. The van der Waals surface area contributed by atoms with E-state index in [1.807, 2.05) is 30.3 Å². The lowest BCUT2D eigenvalue weighted by Crippen LogP contribution is -2.16. The van der Waals surface area contributed by atoms with Gasteiger partial charge in [-0.3, -0.25) is 0 Å². The highest BCUT2D eigenvalue weighted by Gasteiger charge is 2.22. The summed E-state index contributed by atoms with van der Waals surface area (Å²) in [4.78, 5) is 0.793. The lowest BCUT2D eigenvalue weighted by molar-refractivity contribution is 0.585. The fraction of sp³-hybridized carbons (Fsp3) is 0.200. The van der Waals surface area contributed by atoms with Gasteiger partial charge in [0, 0.05) is 20.8 Å². The van der Waals surface area contributed by atoms with Gasteiger partial charge in [-0.15, -0.1) is 11.8 Å². The van der Waals surface area contributed by atoms with Gasteiger partial charge in [0.15, 0.2) is 0 Å². The van der Waals surface area contributed by atoms with E-state index in [0.29, 0.717) is 0 Å². The maximum atomic E-state index is 13.8. The van der Waals surface area contributed by atoms with Crippen molar-refractivity contribution in [2.75, 3.05) is 11.1 Å². The number of benzene rings is 2. The van der Waals surface area contributed by atoms with Crippen molar-refractivity contribution in [1.82, 2.24) is 0 Å². The van der Waals surface area contributed by atoms with Gasteiger partial charge >= 0.3 is 0 Å². The third kappa shape index (κ3) is 2.79. The molecule has 2 aromatic carbocycles. The van der Waals surface area contributed by atoms with E-state index >= 15 is 0 Å². The molecule has 0 bridgehead atoms. The van der Waals surface area contributed by atoms with Crippen LogP contribution < -0.4 is 5.32 Å². The van der Waals surface area contributed by atoms with Crippen LogP contribution >= 0.6 is 27.7 Å². The van der Waals surface area contributed by atoms with E-state index in [9.17, 15) is 4.39 Å². The number of halogens is 2. The molecule has 0 fully saturated rings. The summed E-state index contributed by atoms with van der Waals surface area (Å²) in [5.41, 5.74) is 2.12. The minimum atomic E-state index is -0.108.